The fourth-order valence-corrected chi connectivity index (χ4v) is 2.93. The van der Waals surface area contributed by atoms with Crippen molar-refractivity contribution in [3.05, 3.63) is 0 Å². The van der Waals surface area contributed by atoms with Crippen molar-refractivity contribution < 1.29 is 19.1 Å². The van der Waals surface area contributed by atoms with Crippen LogP contribution < -0.4 is 10.6 Å². The highest BCUT2D eigenvalue weighted by Crippen LogP contribution is 2.20. The van der Waals surface area contributed by atoms with Crippen molar-refractivity contribution >= 4 is 12.0 Å². The van der Waals surface area contributed by atoms with Gasteiger partial charge < -0.3 is 20.1 Å². The van der Waals surface area contributed by atoms with Gasteiger partial charge in [0, 0.05) is 18.7 Å². The summed E-state index contributed by atoms with van der Waals surface area (Å²) in [5, 5.41) is 5.97. The van der Waals surface area contributed by atoms with E-state index >= 15 is 0 Å². The Morgan fingerprint density at radius 3 is 2.09 bits per heavy atom. The van der Waals surface area contributed by atoms with E-state index in [1.165, 1.54) is 0 Å². The lowest BCUT2D eigenvalue weighted by Crippen LogP contribution is -2.47. The van der Waals surface area contributed by atoms with Crippen LogP contribution in [0.1, 0.15) is 59.3 Å². The molecule has 1 aliphatic heterocycles. The van der Waals surface area contributed by atoms with Gasteiger partial charge in [-0.1, -0.05) is 0 Å². The minimum absolute atomic E-state index is 0.0149. The maximum atomic E-state index is 12.0. The van der Waals surface area contributed by atoms with E-state index < -0.39 is 5.60 Å². The van der Waals surface area contributed by atoms with E-state index in [4.69, 9.17) is 9.47 Å². The standard InChI is InChI=1S/C16H28N2O4/c1-16(2,3)22-15(20)18-12-8-6-11(7-9-12)17-14(19)13-5-4-10-21-13/h11-13H,4-10H2,1-3H3,(H,17,19)(H,18,20)/t11?,12?,13-/m0/s1. The number of alkyl carbamates (subject to hydrolysis) is 1. The van der Waals surface area contributed by atoms with Crippen LogP contribution in [0.2, 0.25) is 0 Å². The van der Waals surface area contributed by atoms with Gasteiger partial charge in [0.15, 0.2) is 0 Å². The highest BCUT2D eigenvalue weighted by Gasteiger charge is 2.29. The van der Waals surface area contributed by atoms with Gasteiger partial charge in [0.1, 0.15) is 11.7 Å². The first-order chi connectivity index (χ1) is 10.3. The summed E-state index contributed by atoms with van der Waals surface area (Å²) in [5.41, 5.74) is -0.476. The second-order valence-electron chi connectivity index (χ2n) is 7.21. The van der Waals surface area contributed by atoms with Crippen LogP contribution in [0.4, 0.5) is 4.79 Å². The number of hydrogen-bond donors (Lipinski definition) is 2. The number of carbonyl (C=O) groups is 2. The van der Waals surface area contributed by atoms with Crippen LogP contribution in [0.3, 0.4) is 0 Å². The molecule has 0 aromatic carbocycles. The van der Waals surface area contributed by atoms with E-state index in [0.717, 1.165) is 38.5 Å². The summed E-state index contributed by atoms with van der Waals surface area (Å²) < 4.78 is 10.7. The van der Waals surface area contributed by atoms with Crippen LogP contribution in [0.15, 0.2) is 0 Å². The SMILES string of the molecule is CC(C)(C)OC(=O)NC1CCC(NC(=O)[C@@H]2CCCO2)CC1. The Morgan fingerprint density at radius 1 is 1.00 bits per heavy atom. The molecule has 126 valence electrons. The quantitative estimate of drug-likeness (QED) is 0.837. The maximum absolute atomic E-state index is 12.0. The molecule has 2 aliphatic rings. The Labute approximate surface area is 132 Å². The van der Waals surface area contributed by atoms with E-state index in [9.17, 15) is 9.59 Å². The number of carbonyl (C=O) groups excluding carboxylic acids is 2. The average molecular weight is 312 g/mol. The van der Waals surface area contributed by atoms with E-state index in [1.807, 2.05) is 20.8 Å². The summed E-state index contributed by atoms with van der Waals surface area (Å²) in [6.07, 6.45) is 4.62. The molecule has 2 N–H and O–H groups in total. The molecule has 2 amide bonds. The summed E-state index contributed by atoms with van der Waals surface area (Å²) in [6.45, 7) is 6.24. The topological polar surface area (TPSA) is 76.7 Å². The molecule has 2 fully saturated rings. The summed E-state index contributed by atoms with van der Waals surface area (Å²) in [4.78, 5) is 23.7. The van der Waals surface area contributed by atoms with Gasteiger partial charge in [-0.05, 0) is 59.3 Å². The Hall–Kier alpha value is -1.30. The van der Waals surface area contributed by atoms with Gasteiger partial charge in [-0.2, -0.15) is 0 Å². The van der Waals surface area contributed by atoms with Crippen molar-refractivity contribution in [1.82, 2.24) is 10.6 Å². The Balaban J connectivity index is 1.67. The molecule has 1 aliphatic carbocycles. The first kappa shape index (κ1) is 17.1. The van der Waals surface area contributed by atoms with E-state index in [-0.39, 0.29) is 30.2 Å². The molecule has 6 nitrogen and oxygen atoms in total. The third-order valence-electron chi connectivity index (χ3n) is 4.02. The maximum Gasteiger partial charge on any atom is 0.407 e. The molecule has 0 aromatic heterocycles. The van der Waals surface area contributed by atoms with Gasteiger partial charge in [0.25, 0.3) is 0 Å². The predicted molar refractivity (Wildman–Crippen MR) is 82.5 cm³/mol. The normalized spacial score (nSPS) is 29.0. The molecule has 2 rings (SSSR count). The van der Waals surface area contributed by atoms with Crippen LogP contribution >= 0.6 is 0 Å². The lowest BCUT2D eigenvalue weighted by molar-refractivity contribution is -0.131. The van der Waals surface area contributed by atoms with E-state index in [1.54, 1.807) is 0 Å². The number of amides is 2. The Kier molecular flexibility index (Phi) is 5.67. The largest absolute Gasteiger partial charge is 0.444 e. The molecule has 22 heavy (non-hydrogen) atoms. The minimum atomic E-state index is -0.476. The molecule has 1 saturated heterocycles. The fraction of sp³-hybridized carbons (Fsp3) is 0.875. The van der Waals surface area contributed by atoms with Gasteiger partial charge in [-0.3, -0.25) is 4.79 Å². The molecule has 0 radical (unpaired) electrons. The van der Waals surface area contributed by atoms with Crippen molar-refractivity contribution in [1.29, 1.82) is 0 Å². The zero-order valence-corrected chi connectivity index (χ0v) is 13.8. The van der Waals surface area contributed by atoms with Crippen molar-refractivity contribution in [3.63, 3.8) is 0 Å². The third kappa shape index (κ3) is 5.48. The molecule has 1 saturated carbocycles. The van der Waals surface area contributed by atoms with Crippen LogP contribution in [-0.2, 0) is 14.3 Å². The van der Waals surface area contributed by atoms with Gasteiger partial charge in [-0.15, -0.1) is 0 Å². The van der Waals surface area contributed by atoms with Crippen LogP contribution in [0.5, 0.6) is 0 Å². The Bertz CT molecular complexity index is 391. The third-order valence-corrected chi connectivity index (χ3v) is 4.02. The van der Waals surface area contributed by atoms with Crippen LogP contribution in [0.25, 0.3) is 0 Å². The summed E-state index contributed by atoms with van der Waals surface area (Å²) in [7, 11) is 0. The number of nitrogens with one attached hydrogen (secondary N) is 2. The van der Waals surface area contributed by atoms with Crippen LogP contribution in [0, 0.1) is 0 Å². The van der Waals surface area contributed by atoms with Gasteiger partial charge in [0.2, 0.25) is 5.91 Å². The van der Waals surface area contributed by atoms with E-state index in [2.05, 4.69) is 10.6 Å². The van der Waals surface area contributed by atoms with Gasteiger partial charge in [0.05, 0.1) is 0 Å². The Morgan fingerprint density at radius 2 is 1.59 bits per heavy atom. The van der Waals surface area contributed by atoms with Crippen molar-refractivity contribution in [3.8, 4) is 0 Å². The number of hydrogen-bond acceptors (Lipinski definition) is 4. The molecule has 0 aromatic rings. The summed E-state index contributed by atoms with van der Waals surface area (Å²) in [5.74, 6) is 0.0149. The van der Waals surface area contributed by atoms with Gasteiger partial charge in [-0.25, -0.2) is 4.79 Å². The number of rotatable bonds is 3. The van der Waals surface area contributed by atoms with Crippen molar-refractivity contribution in [2.24, 2.45) is 0 Å². The van der Waals surface area contributed by atoms with E-state index in [0.29, 0.717) is 6.61 Å². The molecule has 0 spiro atoms. The molecule has 0 unspecified atom stereocenters. The highest BCUT2D eigenvalue weighted by molar-refractivity contribution is 5.81. The zero-order valence-electron chi connectivity index (χ0n) is 13.8. The zero-order chi connectivity index (χ0) is 16.2. The first-order valence-electron chi connectivity index (χ1n) is 8.25. The lowest BCUT2D eigenvalue weighted by Gasteiger charge is -2.31. The molecular formula is C16H28N2O4. The molecular weight excluding hydrogens is 284 g/mol. The second kappa shape index (κ2) is 7.31. The van der Waals surface area contributed by atoms with Crippen LogP contribution in [-0.4, -0.2) is 42.4 Å². The minimum Gasteiger partial charge on any atom is -0.444 e. The average Bonchev–Trinajstić information content (AvgIpc) is 2.92. The monoisotopic (exact) mass is 312 g/mol. The van der Waals surface area contributed by atoms with Gasteiger partial charge >= 0.3 is 6.09 Å². The second-order valence-corrected chi connectivity index (χ2v) is 7.21. The predicted octanol–water partition coefficient (Wildman–Crippen LogP) is 2.12. The summed E-state index contributed by atoms with van der Waals surface area (Å²) in [6, 6.07) is 0.319. The molecule has 6 heteroatoms. The highest BCUT2D eigenvalue weighted by atomic mass is 16.6. The molecule has 1 atom stereocenters. The lowest BCUT2D eigenvalue weighted by atomic mass is 9.91. The smallest absolute Gasteiger partial charge is 0.407 e. The van der Waals surface area contributed by atoms with Crippen molar-refractivity contribution in [2.45, 2.75) is 83.1 Å². The number of ether oxygens (including phenoxy) is 2. The molecule has 1 heterocycles. The fourth-order valence-electron chi connectivity index (χ4n) is 2.93. The first-order valence-corrected chi connectivity index (χ1v) is 8.25. The van der Waals surface area contributed by atoms with Crippen molar-refractivity contribution in [2.75, 3.05) is 6.61 Å². The summed E-state index contributed by atoms with van der Waals surface area (Å²) >= 11 is 0. The molecule has 0 bridgehead atoms.